The van der Waals surface area contributed by atoms with Crippen molar-refractivity contribution in [2.45, 2.75) is 26.9 Å². The van der Waals surface area contributed by atoms with Crippen LogP contribution < -0.4 is 0 Å². The Morgan fingerprint density at radius 2 is 2.00 bits per heavy atom. The van der Waals surface area contributed by atoms with Gasteiger partial charge in [0.25, 0.3) is 0 Å². The van der Waals surface area contributed by atoms with Crippen molar-refractivity contribution in [1.29, 1.82) is 0 Å². The second-order valence-corrected chi connectivity index (χ2v) is 6.33. The molecule has 0 aliphatic carbocycles. The summed E-state index contributed by atoms with van der Waals surface area (Å²) in [5.74, 6) is -0.343. The third-order valence-corrected chi connectivity index (χ3v) is 4.15. The fraction of sp³-hybridized carbons (Fsp3) is 0.375. The van der Waals surface area contributed by atoms with Crippen LogP contribution in [0.5, 0.6) is 0 Å². The maximum absolute atomic E-state index is 11.2. The summed E-state index contributed by atoms with van der Waals surface area (Å²) in [6, 6.07) is 8.15. The highest BCUT2D eigenvalue weighted by Gasteiger charge is 2.17. The fourth-order valence-electron chi connectivity index (χ4n) is 2.13. The number of hydrogen-bond acceptors (Lipinski definition) is 4. The van der Waals surface area contributed by atoms with E-state index in [4.69, 9.17) is 4.74 Å². The molecule has 0 amide bonds. The van der Waals surface area contributed by atoms with Crippen LogP contribution in [0.15, 0.2) is 24.3 Å². The number of methoxy groups -OCH3 is 1. The molecule has 0 aliphatic rings. The molecule has 4 nitrogen and oxygen atoms in total. The number of carbonyl (C=O) groups is 1. The molecule has 5 heteroatoms. The second kappa shape index (κ2) is 6.83. The predicted octanol–water partition coefficient (Wildman–Crippen LogP) is 3.85. The van der Waals surface area contributed by atoms with E-state index in [2.05, 4.69) is 31.0 Å². The lowest BCUT2D eigenvalue weighted by atomic mass is 10.0. The number of nitrogens with zero attached hydrogens (tertiary/aromatic N) is 1. The number of aromatic nitrogens is 1. The summed E-state index contributed by atoms with van der Waals surface area (Å²) in [7, 11) is 1.53. The molecular weight excluding hydrogens is 286 g/mol. The second-order valence-electron chi connectivity index (χ2n) is 5.33. The predicted molar refractivity (Wildman–Crippen MR) is 83.8 cm³/mol. The van der Waals surface area contributed by atoms with Crippen LogP contribution in [-0.2, 0) is 17.8 Å². The van der Waals surface area contributed by atoms with E-state index in [-0.39, 0.29) is 11.5 Å². The lowest BCUT2D eigenvalue weighted by Crippen LogP contribution is -1.99. The van der Waals surface area contributed by atoms with Crippen LogP contribution in [0.3, 0.4) is 0 Å². The van der Waals surface area contributed by atoms with Gasteiger partial charge in [0, 0.05) is 12.7 Å². The number of carboxylic acids is 1. The van der Waals surface area contributed by atoms with Gasteiger partial charge in [-0.05, 0) is 17.9 Å². The molecule has 1 N–H and O–H groups in total. The van der Waals surface area contributed by atoms with Crippen LogP contribution in [-0.4, -0.2) is 23.2 Å². The normalized spacial score (nSPS) is 11.0. The number of benzene rings is 1. The first-order valence-corrected chi connectivity index (χ1v) is 7.64. The van der Waals surface area contributed by atoms with Gasteiger partial charge in [0.15, 0.2) is 0 Å². The molecule has 1 aromatic carbocycles. The average molecular weight is 305 g/mol. The van der Waals surface area contributed by atoms with Gasteiger partial charge < -0.3 is 9.84 Å². The number of carboxylic acid groups (broad SMARTS) is 1. The minimum Gasteiger partial charge on any atom is -0.477 e. The van der Waals surface area contributed by atoms with E-state index in [9.17, 15) is 9.90 Å². The summed E-state index contributed by atoms with van der Waals surface area (Å²) in [4.78, 5) is 15.9. The van der Waals surface area contributed by atoms with E-state index in [1.807, 2.05) is 12.1 Å². The Morgan fingerprint density at radius 3 is 2.52 bits per heavy atom. The summed E-state index contributed by atoms with van der Waals surface area (Å²) < 4.78 is 5.01. The minimum absolute atomic E-state index is 0.212. The van der Waals surface area contributed by atoms with Crippen molar-refractivity contribution >= 4 is 17.3 Å². The first-order valence-electron chi connectivity index (χ1n) is 6.82. The van der Waals surface area contributed by atoms with Gasteiger partial charge in [-0.1, -0.05) is 38.1 Å². The number of ether oxygens (including phenoxy) is 1. The molecule has 0 radical (unpaired) electrons. The van der Waals surface area contributed by atoms with Gasteiger partial charge in [0.1, 0.15) is 9.88 Å². The fourth-order valence-corrected chi connectivity index (χ4v) is 3.04. The van der Waals surface area contributed by atoms with Crippen molar-refractivity contribution in [3.8, 4) is 10.6 Å². The van der Waals surface area contributed by atoms with Crippen LogP contribution in [0.25, 0.3) is 10.6 Å². The van der Waals surface area contributed by atoms with Gasteiger partial charge in [-0.3, -0.25) is 0 Å². The van der Waals surface area contributed by atoms with E-state index in [0.29, 0.717) is 11.6 Å². The monoisotopic (exact) mass is 305 g/mol. The third-order valence-electron chi connectivity index (χ3n) is 3.02. The van der Waals surface area contributed by atoms with E-state index in [1.54, 1.807) is 0 Å². The third kappa shape index (κ3) is 3.89. The topological polar surface area (TPSA) is 59.4 Å². The molecule has 0 saturated heterocycles. The minimum atomic E-state index is -0.956. The zero-order valence-corrected chi connectivity index (χ0v) is 13.2. The maximum atomic E-state index is 11.2. The molecule has 0 saturated carbocycles. The van der Waals surface area contributed by atoms with E-state index < -0.39 is 5.97 Å². The van der Waals surface area contributed by atoms with Gasteiger partial charge in [-0.15, -0.1) is 11.3 Å². The molecule has 21 heavy (non-hydrogen) atoms. The van der Waals surface area contributed by atoms with Crippen LogP contribution in [0.4, 0.5) is 0 Å². The molecule has 0 fully saturated rings. The van der Waals surface area contributed by atoms with Crippen molar-refractivity contribution in [2.75, 3.05) is 7.11 Å². The van der Waals surface area contributed by atoms with E-state index in [1.165, 1.54) is 24.0 Å². The SMILES string of the molecule is COCc1nc(-c2ccc(CC(C)C)cc2)sc1C(=O)O. The van der Waals surface area contributed by atoms with Crippen LogP contribution in [0, 0.1) is 5.92 Å². The van der Waals surface area contributed by atoms with Gasteiger partial charge in [-0.25, -0.2) is 9.78 Å². The summed E-state index contributed by atoms with van der Waals surface area (Å²) in [6.45, 7) is 4.58. The molecule has 0 aliphatic heterocycles. The Labute approximate surface area is 128 Å². The molecule has 1 heterocycles. The highest BCUT2D eigenvalue weighted by atomic mass is 32.1. The Hall–Kier alpha value is -1.72. The zero-order chi connectivity index (χ0) is 15.4. The van der Waals surface area contributed by atoms with Crippen molar-refractivity contribution < 1.29 is 14.6 Å². The molecule has 0 spiro atoms. The van der Waals surface area contributed by atoms with Crippen LogP contribution in [0.2, 0.25) is 0 Å². The molecular formula is C16H19NO3S. The molecule has 0 unspecified atom stereocenters. The first-order chi connectivity index (χ1) is 10.0. The highest BCUT2D eigenvalue weighted by molar-refractivity contribution is 7.17. The summed E-state index contributed by atoms with van der Waals surface area (Å²) in [5.41, 5.74) is 2.70. The molecule has 0 bridgehead atoms. The van der Waals surface area contributed by atoms with Gasteiger partial charge >= 0.3 is 5.97 Å². The molecule has 1 aromatic heterocycles. The van der Waals surface area contributed by atoms with Gasteiger partial charge in [0.05, 0.1) is 12.3 Å². The van der Waals surface area contributed by atoms with Gasteiger partial charge in [0.2, 0.25) is 0 Å². The van der Waals surface area contributed by atoms with Crippen LogP contribution in [0.1, 0.15) is 34.8 Å². The van der Waals surface area contributed by atoms with Crippen molar-refractivity contribution in [3.63, 3.8) is 0 Å². The lowest BCUT2D eigenvalue weighted by molar-refractivity contribution is 0.0697. The van der Waals surface area contributed by atoms with Crippen molar-refractivity contribution in [3.05, 3.63) is 40.4 Å². The Balaban J connectivity index is 2.29. The quantitative estimate of drug-likeness (QED) is 0.880. The standard InChI is InChI=1S/C16H19NO3S/c1-10(2)8-11-4-6-12(7-5-11)15-17-13(9-20-3)14(21-15)16(18)19/h4-7,10H,8-9H2,1-3H3,(H,18,19). The molecule has 112 valence electrons. The largest absolute Gasteiger partial charge is 0.477 e. The molecule has 2 aromatic rings. The number of aromatic carboxylic acids is 1. The summed E-state index contributed by atoms with van der Waals surface area (Å²) in [5, 5.41) is 9.93. The van der Waals surface area contributed by atoms with E-state index in [0.717, 1.165) is 17.0 Å². The smallest absolute Gasteiger partial charge is 0.347 e. The van der Waals surface area contributed by atoms with Crippen molar-refractivity contribution in [1.82, 2.24) is 4.98 Å². The Bertz CT molecular complexity index is 617. The van der Waals surface area contributed by atoms with Crippen molar-refractivity contribution in [2.24, 2.45) is 5.92 Å². The number of hydrogen-bond donors (Lipinski definition) is 1. The van der Waals surface area contributed by atoms with E-state index >= 15 is 0 Å². The van der Waals surface area contributed by atoms with Crippen LogP contribution >= 0.6 is 11.3 Å². The average Bonchev–Trinajstić information content (AvgIpc) is 2.83. The highest BCUT2D eigenvalue weighted by Crippen LogP contribution is 2.29. The number of thiazole rings is 1. The lowest BCUT2D eigenvalue weighted by Gasteiger charge is -2.05. The zero-order valence-electron chi connectivity index (χ0n) is 12.4. The Morgan fingerprint density at radius 1 is 1.33 bits per heavy atom. The molecule has 2 rings (SSSR count). The summed E-state index contributed by atoms with van der Waals surface area (Å²) >= 11 is 1.19. The Kier molecular flexibility index (Phi) is 5.09. The maximum Gasteiger partial charge on any atom is 0.347 e. The van der Waals surface area contributed by atoms with Gasteiger partial charge in [-0.2, -0.15) is 0 Å². The molecule has 0 atom stereocenters. The summed E-state index contributed by atoms with van der Waals surface area (Å²) in [6.07, 6.45) is 1.04. The first kappa shape index (κ1) is 15.7. The number of rotatable bonds is 6.